The Balaban J connectivity index is 2.19. The Labute approximate surface area is 140 Å². The quantitative estimate of drug-likeness (QED) is 0.508. The van der Waals surface area contributed by atoms with Gasteiger partial charge in [-0.15, -0.1) is 11.6 Å². The van der Waals surface area contributed by atoms with Gasteiger partial charge < -0.3 is 0 Å². The molecule has 3 aromatic rings. The summed E-state index contributed by atoms with van der Waals surface area (Å²) in [5, 5.41) is 0. The van der Waals surface area contributed by atoms with Crippen molar-refractivity contribution >= 4 is 28.4 Å². The number of carbonyl (C=O) groups excluding carboxylic acids is 1. The topological polar surface area (TPSA) is 34.9 Å². The molecule has 4 heteroatoms. The van der Waals surface area contributed by atoms with Gasteiger partial charge in [0, 0.05) is 23.6 Å². The third kappa shape index (κ3) is 2.89. The highest BCUT2D eigenvalue weighted by molar-refractivity contribution is 6.18. The molecule has 0 N–H and O–H groups in total. The van der Waals surface area contributed by atoms with E-state index < -0.39 is 0 Å². The standard InChI is InChI=1S/C19H19ClN2O/c1-3-18-21-19-16(13(2)23)5-4-6-17(19)22(18)15-9-7-14(8-10-15)11-12-20/h4-10H,3,11-12H2,1-2H3. The minimum Gasteiger partial charge on any atom is -0.296 e. The molecule has 0 unspecified atom stereocenters. The van der Waals surface area contributed by atoms with Crippen molar-refractivity contribution in [2.45, 2.75) is 26.7 Å². The van der Waals surface area contributed by atoms with E-state index in [9.17, 15) is 4.79 Å². The number of aryl methyl sites for hydroxylation is 2. The first kappa shape index (κ1) is 15.8. The van der Waals surface area contributed by atoms with Gasteiger partial charge in [0.25, 0.3) is 0 Å². The van der Waals surface area contributed by atoms with E-state index in [1.54, 1.807) is 6.92 Å². The molecule has 3 rings (SSSR count). The predicted octanol–water partition coefficient (Wildman–Crippen LogP) is 4.57. The predicted molar refractivity (Wildman–Crippen MR) is 94.9 cm³/mol. The first-order valence-corrected chi connectivity index (χ1v) is 8.35. The van der Waals surface area contributed by atoms with Crippen LogP contribution in [-0.2, 0) is 12.8 Å². The maximum atomic E-state index is 11.9. The van der Waals surface area contributed by atoms with Crippen molar-refractivity contribution < 1.29 is 4.79 Å². The van der Waals surface area contributed by atoms with E-state index in [1.807, 2.05) is 18.2 Å². The van der Waals surface area contributed by atoms with Crippen molar-refractivity contribution in [2.24, 2.45) is 0 Å². The van der Waals surface area contributed by atoms with Crippen LogP contribution in [0.5, 0.6) is 0 Å². The van der Waals surface area contributed by atoms with Crippen LogP contribution < -0.4 is 0 Å². The van der Waals surface area contributed by atoms with Crippen molar-refractivity contribution in [2.75, 3.05) is 5.88 Å². The highest BCUT2D eigenvalue weighted by Gasteiger charge is 2.15. The summed E-state index contributed by atoms with van der Waals surface area (Å²) in [5.74, 6) is 1.62. The molecule has 0 aliphatic carbocycles. The molecule has 118 valence electrons. The number of alkyl halides is 1. The highest BCUT2D eigenvalue weighted by atomic mass is 35.5. The molecule has 0 saturated heterocycles. The van der Waals surface area contributed by atoms with E-state index in [0.717, 1.165) is 35.4 Å². The van der Waals surface area contributed by atoms with E-state index >= 15 is 0 Å². The molecule has 0 aliphatic heterocycles. The maximum absolute atomic E-state index is 11.9. The Kier molecular flexibility index (Phi) is 4.49. The average Bonchev–Trinajstić information content (AvgIpc) is 2.94. The zero-order chi connectivity index (χ0) is 16.4. The fraction of sp³-hybridized carbons (Fsp3) is 0.263. The van der Waals surface area contributed by atoms with Gasteiger partial charge in [-0.3, -0.25) is 9.36 Å². The van der Waals surface area contributed by atoms with Gasteiger partial charge in [-0.1, -0.05) is 25.1 Å². The number of hydrogen-bond donors (Lipinski definition) is 0. The van der Waals surface area contributed by atoms with Gasteiger partial charge in [-0.05, 0) is 43.2 Å². The van der Waals surface area contributed by atoms with Gasteiger partial charge in [0.15, 0.2) is 5.78 Å². The molecule has 0 saturated carbocycles. The molecule has 2 aromatic carbocycles. The summed E-state index contributed by atoms with van der Waals surface area (Å²) >= 11 is 5.80. The Morgan fingerprint density at radius 2 is 1.91 bits per heavy atom. The van der Waals surface area contributed by atoms with Gasteiger partial charge in [-0.25, -0.2) is 4.98 Å². The second-order valence-corrected chi connectivity index (χ2v) is 5.93. The number of halogens is 1. The number of Topliss-reactive ketones (excluding diaryl/α,β-unsaturated/α-hetero) is 1. The Bertz CT molecular complexity index is 850. The minimum atomic E-state index is 0.0420. The molecule has 1 aromatic heterocycles. The minimum absolute atomic E-state index is 0.0420. The number of carbonyl (C=O) groups is 1. The lowest BCUT2D eigenvalue weighted by molar-refractivity contribution is 0.101. The van der Waals surface area contributed by atoms with Crippen LogP contribution in [0.3, 0.4) is 0 Å². The number of ketones is 1. The van der Waals surface area contributed by atoms with Gasteiger partial charge in [0.2, 0.25) is 0 Å². The average molecular weight is 327 g/mol. The van der Waals surface area contributed by atoms with Crippen LogP contribution in [0, 0.1) is 0 Å². The number of hydrogen-bond acceptors (Lipinski definition) is 2. The van der Waals surface area contributed by atoms with Gasteiger partial charge in [0.05, 0.1) is 11.0 Å². The first-order chi connectivity index (χ1) is 11.2. The largest absolute Gasteiger partial charge is 0.296 e. The summed E-state index contributed by atoms with van der Waals surface area (Å²) in [5.41, 5.74) is 4.70. The van der Waals surface area contributed by atoms with Gasteiger partial charge in [0.1, 0.15) is 5.82 Å². The van der Waals surface area contributed by atoms with E-state index in [-0.39, 0.29) is 5.78 Å². The van der Waals surface area contributed by atoms with Crippen LogP contribution in [0.2, 0.25) is 0 Å². The number of aromatic nitrogens is 2. The summed E-state index contributed by atoms with van der Waals surface area (Å²) in [6, 6.07) is 14.1. The number of para-hydroxylation sites is 1. The number of fused-ring (bicyclic) bond motifs is 1. The fourth-order valence-corrected chi connectivity index (χ4v) is 3.10. The normalized spacial score (nSPS) is 11.1. The lowest BCUT2D eigenvalue weighted by Crippen LogP contribution is -2.00. The summed E-state index contributed by atoms with van der Waals surface area (Å²) in [4.78, 5) is 16.6. The number of rotatable bonds is 5. The number of nitrogens with zero attached hydrogens (tertiary/aromatic N) is 2. The Morgan fingerprint density at radius 1 is 1.17 bits per heavy atom. The van der Waals surface area contributed by atoms with E-state index in [2.05, 4.69) is 35.8 Å². The molecule has 0 bridgehead atoms. The fourth-order valence-electron chi connectivity index (χ4n) is 2.88. The van der Waals surface area contributed by atoms with Crippen molar-refractivity contribution in [1.29, 1.82) is 0 Å². The lowest BCUT2D eigenvalue weighted by Gasteiger charge is -2.09. The molecular formula is C19H19ClN2O. The van der Waals surface area contributed by atoms with Crippen molar-refractivity contribution in [3.63, 3.8) is 0 Å². The first-order valence-electron chi connectivity index (χ1n) is 7.82. The molecule has 0 atom stereocenters. The second kappa shape index (κ2) is 6.55. The van der Waals surface area contributed by atoms with Crippen molar-refractivity contribution in [1.82, 2.24) is 9.55 Å². The second-order valence-electron chi connectivity index (χ2n) is 5.55. The zero-order valence-electron chi connectivity index (χ0n) is 13.3. The third-order valence-corrected chi connectivity index (χ3v) is 4.22. The highest BCUT2D eigenvalue weighted by Crippen LogP contribution is 2.25. The molecule has 0 fully saturated rings. The van der Waals surface area contributed by atoms with E-state index in [4.69, 9.17) is 16.6 Å². The lowest BCUT2D eigenvalue weighted by atomic mass is 10.1. The van der Waals surface area contributed by atoms with Crippen LogP contribution in [0.15, 0.2) is 42.5 Å². The van der Waals surface area contributed by atoms with Crippen LogP contribution >= 0.6 is 11.6 Å². The molecule has 3 nitrogen and oxygen atoms in total. The summed E-state index contributed by atoms with van der Waals surface area (Å²) < 4.78 is 2.13. The van der Waals surface area contributed by atoms with Crippen LogP contribution in [-0.4, -0.2) is 21.2 Å². The van der Waals surface area contributed by atoms with Crippen LogP contribution in [0.1, 0.15) is 35.6 Å². The maximum Gasteiger partial charge on any atom is 0.162 e. The van der Waals surface area contributed by atoms with Crippen LogP contribution in [0.25, 0.3) is 16.7 Å². The number of benzene rings is 2. The summed E-state index contributed by atoms with van der Waals surface area (Å²) in [6.45, 7) is 3.66. The SMILES string of the molecule is CCc1nc2c(C(C)=O)cccc2n1-c1ccc(CCCl)cc1. The van der Waals surface area contributed by atoms with Crippen molar-refractivity contribution in [3.05, 3.63) is 59.4 Å². The molecular weight excluding hydrogens is 308 g/mol. The Hall–Kier alpha value is -2.13. The number of imidazole rings is 1. The van der Waals surface area contributed by atoms with E-state index in [1.165, 1.54) is 5.56 Å². The Morgan fingerprint density at radius 3 is 2.52 bits per heavy atom. The summed E-state index contributed by atoms with van der Waals surface area (Å²) in [7, 11) is 0. The smallest absolute Gasteiger partial charge is 0.162 e. The third-order valence-electron chi connectivity index (χ3n) is 4.03. The van der Waals surface area contributed by atoms with Gasteiger partial charge in [-0.2, -0.15) is 0 Å². The van der Waals surface area contributed by atoms with E-state index in [0.29, 0.717) is 11.4 Å². The molecule has 0 radical (unpaired) electrons. The van der Waals surface area contributed by atoms with Crippen LogP contribution in [0.4, 0.5) is 0 Å². The monoisotopic (exact) mass is 326 g/mol. The molecule has 0 amide bonds. The molecule has 0 spiro atoms. The van der Waals surface area contributed by atoms with Crippen molar-refractivity contribution in [3.8, 4) is 5.69 Å². The summed E-state index contributed by atoms with van der Waals surface area (Å²) in [6.07, 6.45) is 1.66. The molecule has 1 heterocycles. The zero-order valence-corrected chi connectivity index (χ0v) is 14.1. The molecule has 0 aliphatic rings. The van der Waals surface area contributed by atoms with Gasteiger partial charge >= 0.3 is 0 Å². The molecule has 23 heavy (non-hydrogen) atoms.